The van der Waals surface area contributed by atoms with E-state index in [1.807, 2.05) is 10.9 Å². The number of allylic oxidation sites excluding steroid dienone is 2. The van der Waals surface area contributed by atoms with Crippen molar-refractivity contribution >= 4 is 18.5 Å². The first-order chi connectivity index (χ1) is 11.4. The second-order valence-corrected chi connectivity index (χ2v) is 7.07. The van der Waals surface area contributed by atoms with Crippen molar-refractivity contribution in [2.45, 2.75) is 57.8 Å². The highest BCUT2D eigenvalue weighted by molar-refractivity contribution is 6.68. The summed E-state index contributed by atoms with van der Waals surface area (Å²) in [6, 6.07) is -0.600. The normalized spacial score (nSPS) is 22.4. The minimum Gasteiger partial charge on any atom is -0.396 e. The Kier molecular flexibility index (Phi) is 6.06. The van der Waals surface area contributed by atoms with Crippen LogP contribution < -0.4 is 5.32 Å². The highest BCUT2D eigenvalue weighted by Crippen LogP contribution is 2.46. The van der Waals surface area contributed by atoms with Gasteiger partial charge in [-0.05, 0) is 38.0 Å². The van der Waals surface area contributed by atoms with Crippen molar-refractivity contribution < 1.29 is 14.7 Å². The summed E-state index contributed by atoms with van der Waals surface area (Å²) in [5.74, 6) is 1.57. The number of hydrogen-bond donors (Lipinski definition) is 2. The van der Waals surface area contributed by atoms with Gasteiger partial charge in [-0.25, -0.2) is 5.26 Å². The fourth-order valence-corrected chi connectivity index (χ4v) is 3.81. The first-order valence-electron chi connectivity index (χ1n) is 8.69. The summed E-state index contributed by atoms with van der Waals surface area (Å²) in [6.07, 6.45) is 7.58. The number of carbonyl (C=O) groups excluding carboxylic acids is 2. The summed E-state index contributed by atoms with van der Waals surface area (Å²) in [5, 5.41) is 20.8. The summed E-state index contributed by atoms with van der Waals surface area (Å²) in [4.78, 5) is 26.8. The third-order valence-electron chi connectivity index (χ3n) is 5.47. The first-order valence-corrected chi connectivity index (χ1v) is 8.69. The molecular formula is C17H26BN3O3. The molecule has 0 aromatic rings. The summed E-state index contributed by atoms with van der Waals surface area (Å²) >= 11 is 0. The van der Waals surface area contributed by atoms with Gasteiger partial charge in [-0.1, -0.05) is 19.0 Å². The molecule has 2 unspecified atom stereocenters. The maximum absolute atomic E-state index is 12.9. The zero-order valence-electron chi connectivity index (χ0n) is 14.5. The van der Waals surface area contributed by atoms with Crippen LogP contribution in [-0.4, -0.2) is 53.8 Å². The summed E-state index contributed by atoms with van der Waals surface area (Å²) in [6.45, 7) is 3.87. The summed E-state index contributed by atoms with van der Waals surface area (Å²) in [7, 11) is 0. The number of aliphatic hydroxyl groups excluding tert-OH is 1. The van der Waals surface area contributed by atoms with Crippen molar-refractivity contribution in [3.8, 4) is 5.97 Å². The topological polar surface area (TPSA) is 93.4 Å². The molecule has 2 amide bonds. The Balaban J connectivity index is 2.01. The Hall–Kier alpha value is -1.81. The van der Waals surface area contributed by atoms with Gasteiger partial charge in [-0.2, -0.15) is 0 Å². The molecule has 2 N–H and O–H groups in total. The molecule has 24 heavy (non-hydrogen) atoms. The molecule has 0 saturated carbocycles. The Labute approximate surface area is 144 Å². The monoisotopic (exact) mass is 331 g/mol. The van der Waals surface area contributed by atoms with Gasteiger partial charge in [0.05, 0.1) is 0 Å². The molecule has 1 saturated heterocycles. The molecule has 2 atom stereocenters. The van der Waals surface area contributed by atoms with Gasteiger partial charge in [0.25, 0.3) is 6.71 Å². The molecule has 7 heteroatoms. The molecule has 1 fully saturated rings. The third kappa shape index (κ3) is 3.81. The molecule has 0 radical (unpaired) electrons. The fourth-order valence-electron chi connectivity index (χ4n) is 3.81. The molecule has 1 aliphatic carbocycles. The van der Waals surface area contributed by atoms with E-state index in [-0.39, 0.29) is 42.6 Å². The van der Waals surface area contributed by atoms with Gasteiger partial charge in [0.2, 0.25) is 11.8 Å². The van der Waals surface area contributed by atoms with Crippen molar-refractivity contribution in [2.24, 2.45) is 5.41 Å². The lowest BCUT2D eigenvalue weighted by Crippen LogP contribution is -2.51. The van der Waals surface area contributed by atoms with Gasteiger partial charge in [-0.15, -0.1) is 0 Å². The van der Waals surface area contributed by atoms with E-state index in [0.29, 0.717) is 6.54 Å². The van der Waals surface area contributed by atoms with Crippen molar-refractivity contribution in [2.75, 3.05) is 13.2 Å². The van der Waals surface area contributed by atoms with E-state index in [0.717, 1.165) is 19.3 Å². The van der Waals surface area contributed by atoms with Crippen LogP contribution in [-0.2, 0) is 9.59 Å². The van der Waals surface area contributed by atoms with Crippen LogP contribution in [0.5, 0.6) is 0 Å². The van der Waals surface area contributed by atoms with E-state index in [2.05, 4.69) is 24.4 Å². The van der Waals surface area contributed by atoms with Crippen molar-refractivity contribution in [1.82, 2.24) is 10.2 Å². The lowest BCUT2D eigenvalue weighted by Gasteiger charge is -2.34. The highest BCUT2D eigenvalue weighted by atomic mass is 16.3. The Bertz CT molecular complexity index is 550. The first kappa shape index (κ1) is 18.5. The molecule has 1 heterocycles. The van der Waals surface area contributed by atoms with Crippen LogP contribution in [0.25, 0.3) is 0 Å². The number of nitrogens with zero attached hydrogens (tertiary/aromatic N) is 2. The van der Waals surface area contributed by atoms with Gasteiger partial charge >= 0.3 is 0 Å². The molecule has 0 aromatic heterocycles. The molecule has 6 nitrogen and oxygen atoms in total. The second-order valence-electron chi connectivity index (χ2n) is 7.07. The Morgan fingerprint density at radius 1 is 1.50 bits per heavy atom. The maximum atomic E-state index is 12.9. The van der Waals surface area contributed by atoms with Crippen LogP contribution in [0.2, 0.25) is 13.1 Å². The van der Waals surface area contributed by atoms with Crippen molar-refractivity contribution in [3.63, 3.8) is 0 Å². The number of aliphatic hydroxyl groups is 1. The van der Waals surface area contributed by atoms with E-state index in [9.17, 15) is 14.7 Å². The molecule has 1 aliphatic heterocycles. The van der Waals surface area contributed by atoms with Crippen molar-refractivity contribution in [3.05, 3.63) is 12.2 Å². The smallest absolute Gasteiger partial charge is 0.274 e. The average molecular weight is 331 g/mol. The zero-order chi connectivity index (χ0) is 17.7. The number of nitriles is 1. The lowest BCUT2D eigenvalue weighted by molar-refractivity contribution is -0.137. The van der Waals surface area contributed by atoms with E-state index in [1.54, 1.807) is 6.82 Å². The number of likely N-dealkylation sites (tertiary alicyclic amines) is 1. The standard InChI is InChI=1S/C17H26BN3O3/c1-13-17(6-3-4-7-17)8-9-21(13)16(24)14(5-10-22)20-15(23)11-18(2)12-19/h3-4,13-14,22H,5-11H2,1-2H3,(H,20,23). The predicted octanol–water partition coefficient (Wildman–Crippen LogP) is 0.998. The largest absolute Gasteiger partial charge is 0.396 e. The van der Waals surface area contributed by atoms with Crippen molar-refractivity contribution in [1.29, 1.82) is 5.26 Å². The van der Waals surface area contributed by atoms with Crippen LogP contribution in [0.4, 0.5) is 0 Å². The van der Waals surface area contributed by atoms with Crippen LogP contribution in [0.15, 0.2) is 12.2 Å². The van der Waals surface area contributed by atoms with Crippen LogP contribution in [0, 0.1) is 16.6 Å². The van der Waals surface area contributed by atoms with E-state index in [1.165, 1.54) is 0 Å². The SMILES string of the molecule is CB(C#N)CC(=O)NC(CCO)C(=O)N1CCC2(CC=CC2)C1C. The molecule has 2 rings (SSSR count). The maximum Gasteiger partial charge on any atom is 0.274 e. The van der Waals surface area contributed by atoms with E-state index in [4.69, 9.17) is 5.26 Å². The van der Waals surface area contributed by atoms with Crippen LogP contribution in [0.3, 0.4) is 0 Å². The lowest BCUT2D eigenvalue weighted by atomic mass is 9.51. The number of carbonyl (C=O) groups is 2. The minimum atomic E-state index is -0.722. The zero-order valence-corrected chi connectivity index (χ0v) is 14.5. The van der Waals surface area contributed by atoms with Crippen LogP contribution in [0.1, 0.15) is 32.6 Å². The molecule has 2 aliphatic rings. The Morgan fingerprint density at radius 3 is 2.75 bits per heavy atom. The average Bonchev–Trinajstić information content (AvgIpc) is 3.15. The van der Waals surface area contributed by atoms with Gasteiger partial charge in [0.1, 0.15) is 6.04 Å². The quantitative estimate of drug-likeness (QED) is 0.561. The fraction of sp³-hybridized carbons (Fsp3) is 0.706. The highest BCUT2D eigenvalue weighted by Gasteiger charge is 2.47. The number of rotatable bonds is 6. The second kappa shape index (κ2) is 7.84. The number of nitrogens with one attached hydrogen (secondary N) is 1. The van der Waals surface area contributed by atoms with Gasteiger partial charge < -0.3 is 15.3 Å². The van der Waals surface area contributed by atoms with Gasteiger partial charge in [0, 0.05) is 31.5 Å². The van der Waals surface area contributed by atoms with Gasteiger partial charge in [0.15, 0.2) is 0 Å². The third-order valence-corrected chi connectivity index (χ3v) is 5.47. The number of hydrogen-bond acceptors (Lipinski definition) is 4. The van der Waals surface area contributed by atoms with Gasteiger partial charge in [-0.3, -0.25) is 9.59 Å². The summed E-state index contributed by atoms with van der Waals surface area (Å²) in [5.41, 5.74) is 0.138. The summed E-state index contributed by atoms with van der Waals surface area (Å²) < 4.78 is 0. The van der Waals surface area contributed by atoms with E-state index >= 15 is 0 Å². The predicted molar refractivity (Wildman–Crippen MR) is 92.3 cm³/mol. The molecule has 1 spiro atoms. The molecule has 0 bridgehead atoms. The molecule has 0 aromatic carbocycles. The molecular weight excluding hydrogens is 305 g/mol. The Morgan fingerprint density at radius 2 is 2.17 bits per heavy atom. The van der Waals surface area contributed by atoms with Crippen LogP contribution >= 0.6 is 0 Å². The van der Waals surface area contributed by atoms with E-state index < -0.39 is 12.8 Å². The number of amides is 2. The molecule has 130 valence electrons. The minimum absolute atomic E-state index is 0.0646.